The topological polar surface area (TPSA) is 129 Å². The Bertz CT molecular complexity index is 1460. The summed E-state index contributed by atoms with van der Waals surface area (Å²) in [6.07, 6.45) is -1.36. The number of alkyl halides is 3. The fraction of sp³-hybridized carbons (Fsp3) is 0.250. The summed E-state index contributed by atoms with van der Waals surface area (Å²) >= 11 is 0. The van der Waals surface area contributed by atoms with Crippen molar-refractivity contribution in [3.8, 4) is 11.8 Å². The molecule has 0 saturated carbocycles. The lowest BCUT2D eigenvalue weighted by atomic mass is 10.1. The Kier molecular flexibility index (Phi) is 10.6. The van der Waals surface area contributed by atoms with Gasteiger partial charge in [0.2, 0.25) is 0 Å². The maximum Gasteiger partial charge on any atom is 0.416 e. The summed E-state index contributed by atoms with van der Waals surface area (Å²) in [5.41, 5.74) is 0.233. The van der Waals surface area contributed by atoms with E-state index in [0.717, 1.165) is 18.2 Å². The van der Waals surface area contributed by atoms with Gasteiger partial charge in [0.1, 0.15) is 0 Å². The predicted octanol–water partition coefficient (Wildman–Crippen LogP) is 3.18. The SMILES string of the molecule is O=C(Nc1cccc(C#Cc2cncc(C(=O)N[SH](=O)(CCCO)CCCO)c2)c1)c1cccc(C(F)(F)F)c1. The molecule has 0 fully saturated rings. The Morgan fingerprint density at radius 3 is 2.20 bits per heavy atom. The van der Waals surface area contributed by atoms with Crippen molar-refractivity contribution in [2.75, 3.05) is 30.0 Å². The smallest absolute Gasteiger partial charge is 0.396 e. The lowest BCUT2D eigenvalue weighted by Crippen LogP contribution is -2.41. The van der Waals surface area contributed by atoms with Gasteiger partial charge in [0.25, 0.3) is 11.8 Å². The van der Waals surface area contributed by atoms with Crippen molar-refractivity contribution in [3.63, 3.8) is 0 Å². The Labute approximate surface area is 230 Å². The molecular weight excluding hydrogens is 547 g/mol. The Morgan fingerprint density at radius 2 is 1.52 bits per heavy atom. The van der Waals surface area contributed by atoms with Crippen molar-refractivity contribution in [2.24, 2.45) is 0 Å². The lowest BCUT2D eigenvalue weighted by Gasteiger charge is -2.25. The van der Waals surface area contributed by atoms with Crippen LogP contribution in [0.5, 0.6) is 0 Å². The molecule has 2 amide bonds. The zero-order valence-corrected chi connectivity index (χ0v) is 22.1. The highest BCUT2D eigenvalue weighted by Gasteiger charge is 2.30. The lowest BCUT2D eigenvalue weighted by molar-refractivity contribution is -0.137. The Morgan fingerprint density at radius 1 is 0.850 bits per heavy atom. The fourth-order valence-electron chi connectivity index (χ4n) is 3.62. The third-order valence-electron chi connectivity index (χ3n) is 5.58. The average molecular weight is 576 g/mol. The molecule has 2 aromatic carbocycles. The normalized spacial score (nSPS) is 11.7. The molecule has 3 aromatic rings. The van der Waals surface area contributed by atoms with E-state index in [9.17, 15) is 27.0 Å². The third-order valence-corrected chi connectivity index (χ3v) is 8.27. The van der Waals surface area contributed by atoms with Crippen LogP contribution in [0.4, 0.5) is 18.9 Å². The number of thiol groups is 1. The van der Waals surface area contributed by atoms with Crippen LogP contribution in [-0.4, -0.2) is 55.9 Å². The van der Waals surface area contributed by atoms with Gasteiger partial charge in [-0.05, 0) is 65.4 Å². The minimum absolute atomic E-state index is 0.100. The average Bonchev–Trinajstić information content (AvgIpc) is 2.94. The first-order valence-electron chi connectivity index (χ1n) is 12.2. The number of halogens is 3. The van der Waals surface area contributed by atoms with Crippen LogP contribution < -0.4 is 10.0 Å². The zero-order valence-electron chi connectivity index (χ0n) is 21.2. The minimum atomic E-state index is -4.57. The Balaban J connectivity index is 1.72. The maximum atomic E-state index is 13.1. The van der Waals surface area contributed by atoms with E-state index in [1.807, 2.05) is 0 Å². The molecule has 1 heterocycles. The quantitative estimate of drug-likeness (QED) is 0.187. The van der Waals surface area contributed by atoms with Crippen LogP contribution in [0.15, 0.2) is 67.0 Å². The standard InChI is InChI=1S/C28H28F3N3O5S/c29-28(30,31)24-7-2-6-22(17-24)26(37)33-25-8-1-5-20(16-25)9-10-21-15-23(19-32-18-21)27(38)34-40(39,13-3-11-35)14-4-12-36/h1-2,5-8,15-19,35-36,40H,3-4,11-14H2,(H,33,37)(H,34,38,39). The summed E-state index contributed by atoms with van der Waals surface area (Å²) in [7, 11) is -3.18. The van der Waals surface area contributed by atoms with E-state index >= 15 is 0 Å². The van der Waals surface area contributed by atoms with E-state index in [-0.39, 0.29) is 48.7 Å². The molecule has 3 rings (SSSR count). The molecule has 40 heavy (non-hydrogen) atoms. The molecule has 0 saturated heterocycles. The van der Waals surface area contributed by atoms with Crippen LogP contribution in [0.3, 0.4) is 0 Å². The van der Waals surface area contributed by atoms with Crippen LogP contribution in [0, 0.1) is 11.8 Å². The van der Waals surface area contributed by atoms with Crippen LogP contribution >= 0.6 is 0 Å². The van der Waals surface area contributed by atoms with E-state index in [4.69, 9.17) is 10.2 Å². The number of nitrogens with zero attached hydrogens (tertiary/aromatic N) is 1. The zero-order chi connectivity index (χ0) is 29.2. The molecule has 0 aliphatic rings. The van der Waals surface area contributed by atoms with E-state index in [1.165, 1.54) is 24.5 Å². The number of anilines is 1. The van der Waals surface area contributed by atoms with E-state index in [1.54, 1.807) is 24.3 Å². The minimum Gasteiger partial charge on any atom is -0.396 e. The molecular formula is C28H28F3N3O5S. The van der Waals surface area contributed by atoms with Crippen molar-refractivity contribution in [2.45, 2.75) is 19.0 Å². The van der Waals surface area contributed by atoms with Gasteiger partial charge in [0, 0.05) is 59.5 Å². The molecule has 0 aliphatic heterocycles. The van der Waals surface area contributed by atoms with Gasteiger partial charge in [0.15, 0.2) is 0 Å². The van der Waals surface area contributed by atoms with Crippen molar-refractivity contribution < 1.29 is 37.2 Å². The van der Waals surface area contributed by atoms with Crippen molar-refractivity contribution >= 4 is 27.6 Å². The fourth-order valence-corrected chi connectivity index (χ4v) is 5.87. The van der Waals surface area contributed by atoms with Gasteiger partial charge in [-0.25, -0.2) is 0 Å². The summed E-state index contributed by atoms with van der Waals surface area (Å²) in [4.78, 5) is 29.3. The van der Waals surface area contributed by atoms with E-state index < -0.39 is 33.7 Å². The Hall–Kier alpha value is -4.05. The highest BCUT2D eigenvalue weighted by Crippen LogP contribution is 2.29. The van der Waals surface area contributed by atoms with Gasteiger partial charge < -0.3 is 15.5 Å². The second-order valence-electron chi connectivity index (χ2n) is 8.76. The first kappa shape index (κ1) is 30.5. The van der Waals surface area contributed by atoms with Crippen molar-refractivity contribution in [1.29, 1.82) is 0 Å². The van der Waals surface area contributed by atoms with Crippen molar-refractivity contribution in [3.05, 3.63) is 94.8 Å². The largest absolute Gasteiger partial charge is 0.416 e. The number of benzene rings is 2. The number of hydrogen-bond donors (Lipinski definition) is 5. The molecule has 0 atom stereocenters. The number of rotatable bonds is 10. The summed E-state index contributed by atoms with van der Waals surface area (Å²) in [5.74, 6) is 4.61. The van der Waals surface area contributed by atoms with Crippen LogP contribution in [0.1, 0.15) is 50.2 Å². The first-order valence-corrected chi connectivity index (χ1v) is 14.3. The first-order chi connectivity index (χ1) is 19.0. The third kappa shape index (κ3) is 9.01. The predicted molar refractivity (Wildman–Crippen MR) is 146 cm³/mol. The summed E-state index contributed by atoms with van der Waals surface area (Å²) in [5, 5.41) is 20.7. The van der Waals surface area contributed by atoms with Crippen LogP contribution in [0.2, 0.25) is 0 Å². The number of amides is 2. The molecule has 8 nitrogen and oxygen atoms in total. The molecule has 0 aliphatic carbocycles. The molecule has 4 N–H and O–H groups in total. The molecule has 212 valence electrons. The molecule has 1 aromatic heterocycles. The number of carbonyl (C=O) groups is 2. The molecule has 0 spiro atoms. The molecule has 0 unspecified atom stereocenters. The number of pyridine rings is 1. The van der Waals surface area contributed by atoms with Gasteiger partial charge >= 0.3 is 6.18 Å². The summed E-state index contributed by atoms with van der Waals surface area (Å²) < 4.78 is 54.5. The number of hydrogen-bond acceptors (Lipinski definition) is 6. The number of carbonyl (C=O) groups excluding carboxylic acids is 2. The second-order valence-corrected chi connectivity index (χ2v) is 11.7. The highest BCUT2D eigenvalue weighted by atomic mass is 32.3. The van der Waals surface area contributed by atoms with Gasteiger partial charge in [-0.3, -0.25) is 23.5 Å². The monoisotopic (exact) mass is 575 g/mol. The van der Waals surface area contributed by atoms with Gasteiger partial charge in [0.05, 0.1) is 11.1 Å². The summed E-state index contributed by atoms with van der Waals surface area (Å²) in [6.45, 7) is -0.358. The number of aromatic nitrogens is 1. The summed E-state index contributed by atoms with van der Waals surface area (Å²) in [6, 6.07) is 11.9. The van der Waals surface area contributed by atoms with Crippen molar-refractivity contribution in [1.82, 2.24) is 9.71 Å². The molecule has 0 bridgehead atoms. The number of aliphatic hydroxyl groups is 2. The van der Waals surface area contributed by atoms with Gasteiger partial charge in [-0.1, -0.05) is 24.0 Å². The maximum absolute atomic E-state index is 13.1. The van der Waals surface area contributed by atoms with E-state index in [2.05, 4.69) is 26.9 Å². The van der Waals surface area contributed by atoms with E-state index in [0.29, 0.717) is 16.8 Å². The van der Waals surface area contributed by atoms with Gasteiger partial charge in [-0.2, -0.15) is 13.2 Å². The van der Waals surface area contributed by atoms with Crippen LogP contribution in [0.25, 0.3) is 0 Å². The van der Waals surface area contributed by atoms with Crippen LogP contribution in [-0.2, 0) is 16.3 Å². The number of aliphatic hydroxyl groups excluding tert-OH is 2. The highest BCUT2D eigenvalue weighted by molar-refractivity contribution is 8.01. The molecule has 0 radical (unpaired) electrons. The van der Waals surface area contributed by atoms with Gasteiger partial charge in [-0.15, -0.1) is 0 Å². The number of nitrogens with one attached hydrogen (secondary N) is 2. The molecule has 12 heteroatoms. The second kappa shape index (κ2) is 13.8.